The summed E-state index contributed by atoms with van der Waals surface area (Å²) in [5.74, 6) is 1.64. The highest BCUT2D eigenvalue weighted by Gasteiger charge is 2.33. The van der Waals surface area contributed by atoms with Crippen LogP contribution in [0.2, 0.25) is 0 Å². The fourth-order valence-corrected chi connectivity index (χ4v) is 3.38. The summed E-state index contributed by atoms with van der Waals surface area (Å²) in [7, 11) is 8.09. The Labute approximate surface area is 129 Å². The van der Waals surface area contributed by atoms with Crippen LogP contribution in [0.1, 0.15) is 25.5 Å². The topological polar surface area (TPSA) is 27.7 Å². The molecular formula is C17H29N3O. The predicted octanol–water partition coefficient (Wildman–Crippen LogP) is 2.36. The Morgan fingerprint density at radius 2 is 2.05 bits per heavy atom. The number of nitrogens with one attached hydrogen (secondary N) is 1. The normalized spacial score (nSPS) is 23.7. The number of nitrogens with zero attached hydrogens (tertiary/aromatic N) is 2. The third kappa shape index (κ3) is 3.16. The molecule has 3 atom stereocenters. The van der Waals surface area contributed by atoms with Crippen molar-refractivity contribution in [3.63, 3.8) is 0 Å². The number of anilines is 1. The van der Waals surface area contributed by atoms with Crippen molar-refractivity contribution in [1.82, 2.24) is 10.2 Å². The molecule has 3 unspecified atom stereocenters. The second-order valence-electron chi connectivity index (χ2n) is 6.32. The van der Waals surface area contributed by atoms with Gasteiger partial charge in [0, 0.05) is 36.4 Å². The molecule has 118 valence electrons. The fourth-order valence-electron chi connectivity index (χ4n) is 3.38. The van der Waals surface area contributed by atoms with Gasteiger partial charge in [0.05, 0.1) is 7.11 Å². The number of rotatable bonds is 5. The first-order valence-electron chi connectivity index (χ1n) is 7.75. The lowest BCUT2D eigenvalue weighted by atomic mass is 10.0. The van der Waals surface area contributed by atoms with Gasteiger partial charge >= 0.3 is 0 Å². The summed E-state index contributed by atoms with van der Waals surface area (Å²) in [6.07, 6.45) is 0. The van der Waals surface area contributed by atoms with Gasteiger partial charge in [-0.2, -0.15) is 0 Å². The molecule has 0 bridgehead atoms. The molecule has 21 heavy (non-hydrogen) atoms. The monoisotopic (exact) mass is 291 g/mol. The SMILES string of the molecule is CNC(C)c1c(OC)cccc1N1CC(C)C(N(C)C)C1. The van der Waals surface area contributed by atoms with Crippen LogP contribution in [0.25, 0.3) is 0 Å². The molecule has 0 radical (unpaired) electrons. The Hall–Kier alpha value is -1.26. The minimum Gasteiger partial charge on any atom is -0.496 e. The van der Waals surface area contributed by atoms with E-state index in [1.807, 2.05) is 7.05 Å². The first-order chi connectivity index (χ1) is 9.99. The van der Waals surface area contributed by atoms with Crippen LogP contribution >= 0.6 is 0 Å². The van der Waals surface area contributed by atoms with Gasteiger partial charge in [-0.05, 0) is 46.1 Å². The third-order valence-electron chi connectivity index (χ3n) is 4.71. The molecule has 1 heterocycles. The third-order valence-corrected chi connectivity index (χ3v) is 4.71. The zero-order valence-corrected chi connectivity index (χ0v) is 14.2. The molecule has 0 aromatic heterocycles. The van der Waals surface area contributed by atoms with Gasteiger partial charge in [-0.15, -0.1) is 0 Å². The molecule has 0 amide bonds. The Bertz CT molecular complexity index is 475. The minimum absolute atomic E-state index is 0.268. The lowest BCUT2D eigenvalue weighted by Crippen LogP contribution is -2.34. The summed E-state index contributed by atoms with van der Waals surface area (Å²) >= 11 is 0. The number of hydrogen-bond donors (Lipinski definition) is 1. The van der Waals surface area contributed by atoms with Crippen LogP contribution in [0.4, 0.5) is 5.69 Å². The van der Waals surface area contributed by atoms with Crippen molar-refractivity contribution in [3.8, 4) is 5.75 Å². The maximum Gasteiger partial charge on any atom is 0.125 e. The van der Waals surface area contributed by atoms with Gasteiger partial charge in [-0.1, -0.05) is 13.0 Å². The molecular weight excluding hydrogens is 262 g/mol. The zero-order valence-electron chi connectivity index (χ0n) is 14.2. The van der Waals surface area contributed by atoms with Crippen molar-refractivity contribution in [1.29, 1.82) is 0 Å². The van der Waals surface area contributed by atoms with Crippen LogP contribution in [-0.4, -0.2) is 52.3 Å². The molecule has 1 aliphatic heterocycles. The van der Waals surface area contributed by atoms with E-state index in [0.29, 0.717) is 12.0 Å². The summed E-state index contributed by atoms with van der Waals surface area (Å²) < 4.78 is 5.59. The Morgan fingerprint density at radius 3 is 2.57 bits per heavy atom. The molecule has 4 heteroatoms. The van der Waals surface area contributed by atoms with Crippen molar-refractivity contribution in [2.45, 2.75) is 25.9 Å². The van der Waals surface area contributed by atoms with E-state index in [-0.39, 0.29) is 6.04 Å². The Balaban J connectivity index is 2.36. The van der Waals surface area contributed by atoms with E-state index in [1.54, 1.807) is 7.11 Å². The molecule has 1 saturated heterocycles. The van der Waals surface area contributed by atoms with Crippen LogP contribution in [0.3, 0.4) is 0 Å². The van der Waals surface area contributed by atoms with Crippen molar-refractivity contribution in [2.24, 2.45) is 5.92 Å². The van der Waals surface area contributed by atoms with Crippen LogP contribution in [-0.2, 0) is 0 Å². The van der Waals surface area contributed by atoms with Gasteiger partial charge in [0.2, 0.25) is 0 Å². The van der Waals surface area contributed by atoms with E-state index in [4.69, 9.17) is 4.74 Å². The lowest BCUT2D eigenvalue weighted by molar-refractivity contribution is 0.266. The standard InChI is InChI=1S/C17H29N3O/c1-12-10-20(11-15(12)19(4)5)14-8-7-9-16(21-6)17(14)13(2)18-3/h7-9,12-13,15,18H,10-11H2,1-6H3. The van der Waals surface area contributed by atoms with Crippen molar-refractivity contribution in [2.75, 3.05) is 46.2 Å². The molecule has 4 nitrogen and oxygen atoms in total. The van der Waals surface area contributed by atoms with Gasteiger partial charge in [-0.3, -0.25) is 0 Å². The average molecular weight is 291 g/mol. The van der Waals surface area contributed by atoms with Crippen molar-refractivity contribution >= 4 is 5.69 Å². The number of benzene rings is 1. The number of methoxy groups -OCH3 is 1. The molecule has 1 aliphatic rings. The largest absolute Gasteiger partial charge is 0.496 e. The highest BCUT2D eigenvalue weighted by Crippen LogP contribution is 2.37. The highest BCUT2D eigenvalue weighted by atomic mass is 16.5. The van der Waals surface area contributed by atoms with Crippen molar-refractivity contribution in [3.05, 3.63) is 23.8 Å². The summed E-state index contributed by atoms with van der Waals surface area (Å²) in [5.41, 5.74) is 2.56. The Morgan fingerprint density at radius 1 is 1.33 bits per heavy atom. The van der Waals surface area contributed by atoms with Crippen LogP contribution in [0, 0.1) is 5.92 Å². The second kappa shape index (κ2) is 6.67. The summed E-state index contributed by atoms with van der Waals surface area (Å²) in [6.45, 7) is 6.69. The summed E-state index contributed by atoms with van der Waals surface area (Å²) in [5, 5.41) is 3.35. The molecule has 2 rings (SSSR count). The maximum absolute atomic E-state index is 5.59. The van der Waals surface area contributed by atoms with Crippen molar-refractivity contribution < 1.29 is 4.74 Å². The molecule has 1 aromatic carbocycles. The van der Waals surface area contributed by atoms with Gasteiger partial charge < -0.3 is 19.9 Å². The summed E-state index contributed by atoms with van der Waals surface area (Å²) in [4.78, 5) is 4.84. The quantitative estimate of drug-likeness (QED) is 0.901. The average Bonchev–Trinajstić information content (AvgIpc) is 2.87. The molecule has 1 N–H and O–H groups in total. The smallest absolute Gasteiger partial charge is 0.125 e. The fraction of sp³-hybridized carbons (Fsp3) is 0.647. The van der Waals surface area contributed by atoms with Crippen LogP contribution in [0.15, 0.2) is 18.2 Å². The highest BCUT2D eigenvalue weighted by molar-refractivity contribution is 5.61. The van der Waals surface area contributed by atoms with Gasteiger partial charge in [-0.25, -0.2) is 0 Å². The predicted molar refractivity (Wildman–Crippen MR) is 89.3 cm³/mol. The van der Waals surface area contributed by atoms with E-state index < -0.39 is 0 Å². The molecule has 1 aromatic rings. The van der Waals surface area contributed by atoms with E-state index in [9.17, 15) is 0 Å². The maximum atomic E-state index is 5.59. The van der Waals surface area contributed by atoms with Crippen LogP contribution < -0.4 is 15.0 Å². The van der Waals surface area contributed by atoms with E-state index in [1.165, 1.54) is 11.3 Å². The lowest BCUT2D eigenvalue weighted by Gasteiger charge is -2.27. The van der Waals surface area contributed by atoms with E-state index in [2.05, 4.69) is 61.3 Å². The van der Waals surface area contributed by atoms with Crippen LogP contribution in [0.5, 0.6) is 5.75 Å². The molecule has 0 spiro atoms. The number of hydrogen-bond acceptors (Lipinski definition) is 4. The number of ether oxygens (including phenoxy) is 1. The molecule has 0 aliphatic carbocycles. The Kier molecular flexibility index (Phi) is 5.12. The number of likely N-dealkylation sites (N-methyl/N-ethyl adjacent to an activating group) is 1. The van der Waals surface area contributed by atoms with E-state index >= 15 is 0 Å². The first-order valence-corrected chi connectivity index (χ1v) is 7.75. The van der Waals surface area contributed by atoms with Gasteiger partial charge in [0.15, 0.2) is 0 Å². The zero-order chi connectivity index (χ0) is 15.6. The van der Waals surface area contributed by atoms with Gasteiger partial charge in [0.25, 0.3) is 0 Å². The first kappa shape index (κ1) is 16.1. The summed E-state index contributed by atoms with van der Waals surface area (Å²) in [6, 6.07) is 7.23. The minimum atomic E-state index is 0.268. The van der Waals surface area contributed by atoms with E-state index in [0.717, 1.165) is 18.8 Å². The second-order valence-corrected chi connectivity index (χ2v) is 6.32. The van der Waals surface area contributed by atoms with Gasteiger partial charge in [0.1, 0.15) is 5.75 Å². The molecule has 1 fully saturated rings. The molecule has 0 saturated carbocycles.